The molecule has 1 aromatic rings. The Morgan fingerprint density at radius 1 is 1.29 bits per heavy atom. The second-order valence-corrected chi connectivity index (χ2v) is 8.21. The normalized spacial score (nSPS) is 25.7. The summed E-state index contributed by atoms with van der Waals surface area (Å²) < 4.78 is 0. The van der Waals surface area contributed by atoms with E-state index in [0.29, 0.717) is 24.0 Å². The van der Waals surface area contributed by atoms with Crippen molar-refractivity contribution in [3.05, 3.63) is 22.4 Å². The van der Waals surface area contributed by atoms with Crippen molar-refractivity contribution >= 4 is 11.3 Å². The van der Waals surface area contributed by atoms with E-state index in [1.165, 1.54) is 24.9 Å². The van der Waals surface area contributed by atoms with Crippen LogP contribution in [0, 0.1) is 11.8 Å². The first-order valence-electron chi connectivity index (χ1n) is 8.47. The molecule has 3 heteroatoms. The molecule has 120 valence electrons. The molecule has 2 rings (SSSR count). The Labute approximate surface area is 134 Å². The molecular weight excluding hydrogens is 276 g/mol. The third kappa shape index (κ3) is 4.80. The number of nitrogens with one attached hydrogen (secondary N) is 1. The average molecular weight is 309 g/mol. The Morgan fingerprint density at radius 2 is 2.05 bits per heavy atom. The summed E-state index contributed by atoms with van der Waals surface area (Å²) in [4.78, 5) is 2.77. The number of rotatable bonds is 6. The minimum atomic E-state index is 0.628. The zero-order valence-electron chi connectivity index (χ0n) is 14.3. The lowest BCUT2D eigenvalue weighted by Crippen LogP contribution is -2.61. The van der Waals surface area contributed by atoms with E-state index >= 15 is 0 Å². The van der Waals surface area contributed by atoms with Gasteiger partial charge in [-0.05, 0) is 54.0 Å². The molecule has 1 fully saturated rings. The van der Waals surface area contributed by atoms with Gasteiger partial charge >= 0.3 is 0 Å². The fraction of sp³-hybridized carbons (Fsp3) is 0.778. The van der Waals surface area contributed by atoms with E-state index in [1.807, 2.05) is 11.3 Å². The molecule has 0 bridgehead atoms. The molecule has 3 unspecified atom stereocenters. The van der Waals surface area contributed by atoms with Gasteiger partial charge in [0.15, 0.2) is 0 Å². The molecule has 0 spiro atoms. The van der Waals surface area contributed by atoms with Crippen molar-refractivity contribution in [3.8, 4) is 0 Å². The lowest BCUT2D eigenvalue weighted by Gasteiger charge is -2.46. The van der Waals surface area contributed by atoms with Gasteiger partial charge in [0.25, 0.3) is 0 Å². The molecule has 2 nitrogen and oxygen atoms in total. The first-order valence-corrected chi connectivity index (χ1v) is 9.41. The molecule has 0 aromatic carbocycles. The molecule has 1 aliphatic rings. The SMILES string of the molecule is CC(C)CC1CN(C(C)Cc2ccsc2)C(C(C)C)CN1. The zero-order valence-corrected chi connectivity index (χ0v) is 15.1. The van der Waals surface area contributed by atoms with E-state index in [9.17, 15) is 0 Å². The summed E-state index contributed by atoms with van der Waals surface area (Å²) in [7, 11) is 0. The zero-order chi connectivity index (χ0) is 15.4. The fourth-order valence-electron chi connectivity index (χ4n) is 3.58. The lowest BCUT2D eigenvalue weighted by molar-refractivity contribution is 0.0576. The van der Waals surface area contributed by atoms with Crippen LogP contribution < -0.4 is 5.32 Å². The minimum Gasteiger partial charge on any atom is -0.311 e. The molecule has 0 amide bonds. The summed E-state index contributed by atoms with van der Waals surface area (Å²) in [5.41, 5.74) is 1.49. The summed E-state index contributed by atoms with van der Waals surface area (Å²) >= 11 is 1.81. The van der Waals surface area contributed by atoms with Gasteiger partial charge in [-0.3, -0.25) is 4.90 Å². The monoisotopic (exact) mass is 308 g/mol. The van der Waals surface area contributed by atoms with Crippen LogP contribution in [0.3, 0.4) is 0 Å². The van der Waals surface area contributed by atoms with E-state index in [1.54, 1.807) is 0 Å². The van der Waals surface area contributed by atoms with Gasteiger partial charge in [0, 0.05) is 31.2 Å². The van der Waals surface area contributed by atoms with Gasteiger partial charge in [-0.1, -0.05) is 27.7 Å². The van der Waals surface area contributed by atoms with Gasteiger partial charge in [-0.15, -0.1) is 0 Å². The van der Waals surface area contributed by atoms with E-state index in [2.05, 4.69) is 61.7 Å². The number of thiophene rings is 1. The predicted molar refractivity (Wildman–Crippen MR) is 94.1 cm³/mol. The highest BCUT2D eigenvalue weighted by molar-refractivity contribution is 7.07. The minimum absolute atomic E-state index is 0.628. The fourth-order valence-corrected chi connectivity index (χ4v) is 4.26. The second kappa shape index (κ2) is 7.75. The van der Waals surface area contributed by atoms with E-state index in [4.69, 9.17) is 0 Å². The highest BCUT2D eigenvalue weighted by Crippen LogP contribution is 2.23. The summed E-state index contributed by atoms with van der Waals surface area (Å²) in [5, 5.41) is 8.28. The molecule has 0 radical (unpaired) electrons. The molecule has 2 heterocycles. The molecule has 0 saturated carbocycles. The topological polar surface area (TPSA) is 15.3 Å². The highest BCUT2D eigenvalue weighted by atomic mass is 32.1. The second-order valence-electron chi connectivity index (χ2n) is 7.43. The first-order chi connectivity index (χ1) is 9.97. The van der Waals surface area contributed by atoms with Gasteiger partial charge in [0.2, 0.25) is 0 Å². The maximum absolute atomic E-state index is 3.79. The smallest absolute Gasteiger partial charge is 0.0247 e. The quantitative estimate of drug-likeness (QED) is 0.854. The van der Waals surface area contributed by atoms with Crippen LogP contribution in [0.25, 0.3) is 0 Å². The Balaban J connectivity index is 2.02. The Hall–Kier alpha value is -0.380. The van der Waals surface area contributed by atoms with Crippen LogP contribution in [0.4, 0.5) is 0 Å². The van der Waals surface area contributed by atoms with Crippen molar-refractivity contribution in [2.75, 3.05) is 13.1 Å². The van der Waals surface area contributed by atoms with Gasteiger partial charge < -0.3 is 5.32 Å². The largest absolute Gasteiger partial charge is 0.311 e. The van der Waals surface area contributed by atoms with Crippen LogP contribution >= 0.6 is 11.3 Å². The van der Waals surface area contributed by atoms with Crippen molar-refractivity contribution in [2.24, 2.45) is 11.8 Å². The van der Waals surface area contributed by atoms with Crippen LogP contribution in [0.5, 0.6) is 0 Å². The summed E-state index contributed by atoms with van der Waals surface area (Å²) in [6.07, 6.45) is 2.47. The van der Waals surface area contributed by atoms with Crippen LogP contribution in [-0.2, 0) is 6.42 Å². The standard InChI is InChI=1S/C18H32N2S/c1-13(2)8-17-11-20(18(10-19-17)14(3)4)15(5)9-16-6-7-21-12-16/h6-7,12-15,17-19H,8-11H2,1-5H3. The third-order valence-electron chi connectivity index (χ3n) is 4.68. The van der Waals surface area contributed by atoms with Crippen LogP contribution in [-0.4, -0.2) is 36.1 Å². The van der Waals surface area contributed by atoms with E-state index in [-0.39, 0.29) is 0 Å². The van der Waals surface area contributed by atoms with Crippen molar-refractivity contribution in [1.82, 2.24) is 10.2 Å². The van der Waals surface area contributed by atoms with Crippen LogP contribution in [0.15, 0.2) is 16.8 Å². The third-order valence-corrected chi connectivity index (χ3v) is 5.41. The maximum atomic E-state index is 3.79. The number of hydrogen-bond acceptors (Lipinski definition) is 3. The summed E-state index contributed by atoms with van der Waals surface area (Å²) in [6.45, 7) is 14.1. The maximum Gasteiger partial charge on any atom is 0.0247 e. The lowest BCUT2D eigenvalue weighted by atomic mass is 9.92. The van der Waals surface area contributed by atoms with Crippen molar-refractivity contribution in [2.45, 2.75) is 65.6 Å². The molecule has 21 heavy (non-hydrogen) atoms. The average Bonchev–Trinajstić information content (AvgIpc) is 2.90. The van der Waals surface area contributed by atoms with E-state index < -0.39 is 0 Å². The molecule has 1 aliphatic heterocycles. The summed E-state index contributed by atoms with van der Waals surface area (Å²) in [5.74, 6) is 1.48. The van der Waals surface area contributed by atoms with E-state index in [0.717, 1.165) is 12.5 Å². The van der Waals surface area contributed by atoms with Crippen molar-refractivity contribution < 1.29 is 0 Å². The highest BCUT2D eigenvalue weighted by Gasteiger charge is 2.32. The van der Waals surface area contributed by atoms with Crippen LogP contribution in [0.1, 0.15) is 46.6 Å². The Bertz CT molecular complexity index is 399. The van der Waals surface area contributed by atoms with Gasteiger partial charge in [-0.25, -0.2) is 0 Å². The number of piperazine rings is 1. The molecule has 0 aliphatic carbocycles. The summed E-state index contributed by atoms with van der Waals surface area (Å²) in [6, 6.07) is 4.23. The van der Waals surface area contributed by atoms with Crippen molar-refractivity contribution in [3.63, 3.8) is 0 Å². The Morgan fingerprint density at radius 3 is 2.62 bits per heavy atom. The Kier molecular flexibility index (Phi) is 6.27. The molecular formula is C18H32N2S. The molecule has 1 saturated heterocycles. The molecule has 1 N–H and O–H groups in total. The number of hydrogen-bond donors (Lipinski definition) is 1. The number of nitrogens with zero attached hydrogens (tertiary/aromatic N) is 1. The predicted octanol–water partition coefficient (Wildman–Crippen LogP) is 4.02. The molecule has 3 atom stereocenters. The van der Waals surface area contributed by atoms with Gasteiger partial charge in [-0.2, -0.15) is 11.3 Å². The van der Waals surface area contributed by atoms with Gasteiger partial charge in [0.1, 0.15) is 0 Å². The van der Waals surface area contributed by atoms with Crippen LogP contribution in [0.2, 0.25) is 0 Å². The molecule has 1 aromatic heterocycles. The van der Waals surface area contributed by atoms with Crippen molar-refractivity contribution in [1.29, 1.82) is 0 Å². The van der Waals surface area contributed by atoms with Gasteiger partial charge in [0.05, 0.1) is 0 Å². The first kappa shape index (κ1) is 17.0.